The van der Waals surface area contributed by atoms with Gasteiger partial charge in [-0.25, -0.2) is 0 Å². The first-order valence-corrected chi connectivity index (χ1v) is 6.58. The fraction of sp³-hybridized carbons (Fsp3) is 0.462. The van der Waals surface area contributed by atoms with Crippen LogP contribution in [0.4, 0.5) is 0 Å². The van der Waals surface area contributed by atoms with Crippen LogP contribution in [-0.2, 0) is 9.53 Å². The van der Waals surface area contributed by atoms with Gasteiger partial charge < -0.3 is 14.8 Å². The average Bonchev–Trinajstić information content (AvgIpc) is 2.86. The van der Waals surface area contributed by atoms with Gasteiger partial charge in [-0.05, 0) is 17.7 Å². The standard InChI is InChI=1S/C13H16BrNO3/c1-17-8-3-4-9(12(14)5-8)10-6-15-7-11(10)13(16)18-2/h3-5,10-11,15H,6-7H2,1-2H3/t10-,11+/m0/s1. The van der Waals surface area contributed by atoms with Crippen molar-refractivity contribution in [1.29, 1.82) is 0 Å². The molecule has 2 atom stereocenters. The molecule has 1 aromatic rings. The van der Waals surface area contributed by atoms with Crippen LogP contribution < -0.4 is 10.1 Å². The van der Waals surface area contributed by atoms with Crippen molar-refractivity contribution in [3.05, 3.63) is 28.2 Å². The molecular formula is C13H16BrNO3. The van der Waals surface area contributed by atoms with E-state index in [1.807, 2.05) is 18.2 Å². The predicted molar refractivity (Wildman–Crippen MR) is 71.8 cm³/mol. The van der Waals surface area contributed by atoms with Crippen LogP contribution in [0.2, 0.25) is 0 Å². The van der Waals surface area contributed by atoms with E-state index in [0.717, 1.165) is 22.3 Å². The van der Waals surface area contributed by atoms with Crippen LogP contribution in [0.3, 0.4) is 0 Å². The lowest BCUT2D eigenvalue weighted by atomic mass is 9.89. The molecule has 4 nitrogen and oxygen atoms in total. The van der Waals surface area contributed by atoms with Gasteiger partial charge in [0.1, 0.15) is 5.75 Å². The molecule has 1 fully saturated rings. The Balaban J connectivity index is 2.27. The van der Waals surface area contributed by atoms with Crippen LogP contribution in [0.5, 0.6) is 5.75 Å². The highest BCUT2D eigenvalue weighted by molar-refractivity contribution is 9.10. The van der Waals surface area contributed by atoms with Crippen molar-refractivity contribution in [2.45, 2.75) is 5.92 Å². The van der Waals surface area contributed by atoms with Crippen molar-refractivity contribution in [2.24, 2.45) is 5.92 Å². The number of rotatable bonds is 3. The van der Waals surface area contributed by atoms with Gasteiger partial charge in [0.05, 0.1) is 20.1 Å². The summed E-state index contributed by atoms with van der Waals surface area (Å²) < 4.78 is 11.0. The maximum atomic E-state index is 11.7. The number of carbonyl (C=O) groups is 1. The lowest BCUT2D eigenvalue weighted by Crippen LogP contribution is -2.23. The first kappa shape index (κ1) is 13.4. The molecule has 0 spiro atoms. The summed E-state index contributed by atoms with van der Waals surface area (Å²) in [6.07, 6.45) is 0. The molecule has 1 aliphatic rings. The topological polar surface area (TPSA) is 47.6 Å². The molecule has 18 heavy (non-hydrogen) atoms. The number of hydrogen-bond donors (Lipinski definition) is 1. The number of methoxy groups -OCH3 is 2. The second-order valence-electron chi connectivity index (χ2n) is 4.28. The first-order valence-electron chi connectivity index (χ1n) is 5.79. The van der Waals surface area contributed by atoms with E-state index in [1.165, 1.54) is 7.11 Å². The summed E-state index contributed by atoms with van der Waals surface area (Å²) in [5.41, 5.74) is 1.11. The summed E-state index contributed by atoms with van der Waals surface area (Å²) in [7, 11) is 3.07. The third-order valence-corrected chi connectivity index (χ3v) is 4.01. The van der Waals surface area contributed by atoms with E-state index < -0.39 is 0 Å². The largest absolute Gasteiger partial charge is 0.497 e. The first-order chi connectivity index (χ1) is 8.67. The van der Waals surface area contributed by atoms with Crippen LogP contribution in [0.25, 0.3) is 0 Å². The quantitative estimate of drug-likeness (QED) is 0.866. The lowest BCUT2D eigenvalue weighted by molar-refractivity contribution is -0.145. The Bertz CT molecular complexity index is 450. The predicted octanol–water partition coefficient (Wildman–Crippen LogP) is 1.93. The normalized spacial score (nSPS) is 22.8. The third-order valence-electron chi connectivity index (χ3n) is 3.33. The highest BCUT2D eigenvalue weighted by Crippen LogP contribution is 2.35. The molecule has 98 valence electrons. The van der Waals surface area contributed by atoms with Crippen LogP contribution in [0.15, 0.2) is 22.7 Å². The van der Waals surface area contributed by atoms with Gasteiger partial charge in [0, 0.05) is 23.5 Å². The molecule has 0 saturated carbocycles. The summed E-state index contributed by atoms with van der Waals surface area (Å²) >= 11 is 3.54. The molecule has 2 rings (SSSR count). The molecule has 0 bridgehead atoms. The van der Waals surface area contributed by atoms with Gasteiger partial charge in [-0.15, -0.1) is 0 Å². The zero-order chi connectivity index (χ0) is 13.1. The number of hydrogen-bond acceptors (Lipinski definition) is 4. The zero-order valence-corrected chi connectivity index (χ0v) is 12.0. The fourth-order valence-electron chi connectivity index (χ4n) is 2.34. The monoisotopic (exact) mass is 313 g/mol. The highest BCUT2D eigenvalue weighted by atomic mass is 79.9. The summed E-state index contributed by atoms with van der Waals surface area (Å²) in [4.78, 5) is 11.7. The Morgan fingerprint density at radius 1 is 1.39 bits per heavy atom. The number of halogens is 1. The number of carbonyl (C=O) groups excluding carboxylic acids is 1. The number of esters is 1. The molecule has 5 heteroatoms. The van der Waals surface area contributed by atoms with E-state index >= 15 is 0 Å². The van der Waals surface area contributed by atoms with E-state index in [4.69, 9.17) is 9.47 Å². The minimum atomic E-state index is -0.160. The van der Waals surface area contributed by atoms with E-state index in [0.29, 0.717) is 6.54 Å². The van der Waals surface area contributed by atoms with Gasteiger partial charge >= 0.3 is 5.97 Å². The SMILES string of the molecule is COC(=O)[C@@H]1CNC[C@H]1c1ccc(OC)cc1Br. The van der Waals surface area contributed by atoms with Gasteiger partial charge in [0.2, 0.25) is 0 Å². The minimum absolute atomic E-state index is 0.125. The van der Waals surface area contributed by atoms with E-state index in [1.54, 1.807) is 7.11 Å². The van der Waals surface area contributed by atoms with Gasteiger partial charge in [-0.3, -0.25) is 4.79 Å². The maximum absolute atomic E-state index is 11.7. The summed E-state index contributed by atoms with van der Waals surface area (Å²) in [5.74, 6) is 0.649. The molecule has 0 aliphatic carbocycles. The Labute approximate surface area is 115 Å². The highest BCUT2D eigenvalue weighted by Gasteiger charge is 2.35. The van der Waals surface area contributed by atoms with E-state index in [-0.39, 0.29) is 17.8 Å². The molecule has 1 saturated heterocycles. The van der Waals surface area contributed by atoms with E-state index in [9.17, 15) is 4.79 Å². The molecule has 0 aromatic heterocycles. The van der Waals surface area contributed by atoms with Gasteiger partial charge in [-0.1, -0.05) is 22.0 Å². The van der Waals surface area contributed by atoms with Crippen molar-refractivity contribution < 1.29 is 14.3 Å². The molecule has 1 aliphatic heterocycles. The molecule has 1 N–H and O–H groups in total. The van der Waals surface area contributed by atoms with Crippen molar-refractivity contribution >= 4 is 21.9 Å². The summed E-state index contributed by atoms with van der Waals surface area (Å²) in [6, 6.07) is 5.82. The van der Waals surface area contributed by atoms with Crippen LogP contribution in [0, 0.1) is 5.92 Å². The Kier molecular flexibility index (Phi) is 4.24. The zero-order valence-electron chi connectivity index (χ0n) is 10.4. The second-order valence-corrected chi connectivity index (χ2v) is 5.14. The van der Waals surface area contributed by atoms with Crippen LogP contribution >= 0.6 is 15.9 Å². The van der Waals surface area contributed by atoms with E-state index in [2.05, 4.69) is 21.2 Å². The van der Waals surface area contributed by atoms with Crippen molar-refractivity contribution in [2.75, 3.05) is 27.3 Å². The Morgan fingerprint density at radius 2 is 2.17 bits per heavy atom. The molecule has 1 heterocycles. The maximum Gasteiger partial charge on any atom is 0.310 e. The number of benzene rings is 1. The molecule has 0 amide bonds. The summed E-state index contributed by atoms with van der Waals surface area (Å²) in [5, 5.41) is 3.24. The van der Waals surface area contributed by atoms with Crippen molar-refractivity contribution in [3.63, 3.8) is 0 Å². The third kappa shape index (κ3) is 2.52. The number of nitrogens with one attached hydrogen (secondary N) is 1. The van der Waals surface area contributed by atoms with Gasteiger partial charge in [-0.2, -0.15) is 0 Å². The fourth-order valence-corrected chi connectivity index (χ4v) is 2.99. The molecule has 0 unspecified atom stereocenters. The second kappa shape index (κ2) is 5.71. The minimum Gasteiger partial charge on any atom is -0.497 e. The molecular weight excluding hydrogens is 298 g/mol. The van der Waals surface area contributed by atoms with Gasteiger partial charge in [0.15, 0.2) is 0 Å². The smallest absolute Gasteiger partial charge is 0.310 e. The van der Waals surface area contributed by atoms with Crippen LogP contribution in [-0.4, -0.2) is 33.3 Å². The van der Waals surface area contributed by atoms with Gasteiger partial charge in [0.25, 0.3) is 0 Å². The van der Waals surface area contributed by atoms with Crippen molar-refractivity contribution in [1.82, 2.24) is 5.32 Å². The Morgan fingerprint density at radius 3 is 2.78 bits per heavy atom. The van der Waals surface area contributed by atoms with Crippen LogP contribution in [0.1, 0.15) is 11.5 Å². The average molecular weight is 314 g/mol. The molecule has 0 radical (unpaired) electrons. The summed E-state index contributed by atoms with van der Waals surface area (Å²) in [6.45, 7) is 1.44. The molecule has 1 aromatic carbocycles. The Hall–Kier alpha value is -1.07. The van der Waals surface area contributed by atoms with Crippen molar-refractivity contribution in [3.8, 4) is 5.75 Å². The lowest BCUT2D eigenvalue weighted by Gasteiger charge is -2.18. The number of ether oxygens (including phenoxy) is 2.